The molecule has 6 nitrogen and oxygen atoms in total. The largest absolute Gasteiger partial charge is 0.350 e. The number of sulfonamides is 1. The van der Waals surface area contributed by atoms with Gasteiger partial charge in [-0.2, -0.15) is 0 Å². The monoisotopic (exact) mass is 313 g/mol. The van der Waals surface area contributed by atoms with Crippen LogP contribution in [0.2, 0.25) is 0 Å². The van der Waals surface area contributed by atoms with Crippen molar-refractivity contribution in [3.05, 3.63) is 29.8 Å². The molecule has 0 radical (unpaired) electrons. The van der Waals surface area contributed by atoms with E-state index in [4.69, 9.17) is 5.73 Å². The molecule has 0 saturated carbocycles. The number of carbonyl (C=O) groups excluding carboxylic acids is 1. The lowest BCUT2D eigenvalue weighted by Crippen LogP contribution is -2.45. The van der Waals surface area contributed by atoms with Gasteiger partial charge in [-0.3, -0.25) is 4.79 Å². The van der Waals surface area contributed by atoms with Crippen molar-refractivity contribution < 1.29 is 13.2 Å². The van der Waals surface area contributed by atoms with E-state index in [1.54, 1.807) is 33.8 Å². The highest BCUT2D eigenvalue weighted by Gasteiger charge is 2.18. The Kier molecular flexibility index (Phi) is 5.49. The molecule has 0 aromatic heterocycles. The lowest BCUT2D eigenvalue weighted by molar-refractivity contribution is 0.0946. The molecule has 1 aromatic carbocycles. The summed E-state index contributed by atoms with van der Waals surface area (Å²) >= 11 is 0. The van der Waals surface area contributed by atoms with E-state index in [0.29, 0.717) is 6.54 Å². The van der Waals surface area contributed by atoms with Gasteiger partial charge in [0.1, 0.15) is 0 Å². The minimum Gasteiger partial charge on any atom is -0.350 e. The van der Waals surface area contributed by atoms with Crippen LogP contribution in [-0.2, 0) is 10.0 Å². The summed E-state index contributed by atoms with van der Waals surface area (Å²) in [6, 6.07) is 5.69. The number of amides is 1. The molecule has 1 rings (SSSR count). The quantitative estimate of drug-likeness (QED) is 0.724. The van der Waals surface area contributed by atoms with E-state index in [1.165, 1.54) is 18.2 Å². The summed E-state index contributed by atoms with van der Waals surface area (Å²) in [7, 11) is -3.61. The molecule has 4 N–H and O–H groups in total. The SMILES string of the molecule is CC(C)NS(=O)(=O)c1cccc(C(=O)NCC(C)(C)N)c1. The second kappa shape index (κ2) is 6.55. The molecule has 1 aromatic rings. The third-order valence-electron chi connectivity index (χ3n) is 2.50. The van der Waals surface area contributed by atoms with Crippen LogP contribution in [0.15, 0.2) is 29.2 Å². The van der Waals surface area contributed by atoms with Crippen LogP contribution in [0.4, 0.5) is 0 Å². The van der Waals surface area contributed by atoms with E-state index in [1.807, 2.05) is 0 Å². The van der Waals surface area contributed by atoms with Gasteiger partial charge < -0.3 is 11.1 Å². The molecular weight excluding hydrogens is 290 g/mol. The highest BCUT2D eigenvalue weighted by molar-refractivity contribution is 7.89. The van der Waals surface area contributed by atoms with Gasteiger partial charge in [0.15, 0.2) is 0 Å². The number of rotatable bonds is 6. The average Bonchev–Trinajstić information content (AvgIpc) is 2.33. The maximum Gasteiger partial charge on any atom is 0.251 e. The molecular formula is C14H23N3O3S. The van der Waals surface area contributed by atoms with Crippen LogP contribution in [0, 0.1) is 0 Å². The second-order valence-corrected chi connectivity index (χ2v) is 7.69. The Morgan fingerprint density at radius 3 is 2.48 bits per heavy atom. The third-order valence-corrected chi connectivity index (χ3v) is 4.16. The Hall–Kier alpha value is -1.44. The Morgan fingerprint density at radius 2 is 1.95 bits per heavy atom. The molecule has 0 aliphatic rings. The predicted molar refractivity (Wildman–Crippen MR) is 82.5 cm³/mol. The molecule has 0 unspecified atom stereocenters. The number of nitrogens with two attached hydrogens (primary N) is 1. The highest BCUT2D eigenvalue weighted by Crippen LogP contribution is 2.12. The number of benzene rings is 1. The summed E-state index contributed by atoms with van der Waals surface area (Å²) in [6.07, 6.45) is 0. The fraction of sp³-hybridized carbons (Fsp3) is 0.500. The molecule has 0 spiro atoms. The normalized spacial score (nSPS) is 12.5. The molecule has 0 fully saturated rings. The van der Waals surface area contributed by atoms with Crippen molar-refractivity contribution in [2.45, 2.75) is 44.2 Å². The maximum atomic E-state index is 12.1. The second-order valence-electron chi connectivity index (χ2n) is 5.98. The van der Waals surface area contributed by atoms with Crippen LogP contribution in [0.5, 0.6) is 0 Å². The Bertz CT molecular complexity index is 604. The standard InChI is InChI=1S/C14H23N3O3S/c1-10(2)17-21(19,20)12-7-5-6-11(8-12)13(18)16-9-14(3,4)15/h5-8,10,17H,9,15H2,1-4H3,(H,16,18). The fourth-order valence-electron chi connectivity index (χ4n) is 1.59. The lowest BCUT2D eigenvalue weighted by Gasteiger charge is -2.19. The Labute approximate surface area is 126 Å². The van der Waals surface area contributed by atoms with Crippen molar-refractivity contribution >= 4 is 15.9 Å². The van der Waals surface area contributed by atoms with E-state index < -0.39 is 15.6 Å². The van der Waals surface area contributed by atoms with Crippen molar-refractivity contribution in [3.63, 3.8) is 0 Å². The van der Waals surface area contributed by atoms with Crippen molar-refractivity contribution in [1.82, 2.24) is 10.0 Å². The molecule has 7 heteroatoms. The lowest BCUT2D eigenvalue weighted by atomic mass is 10.1. The van der Waals surface area contributed by atoms with Gasteiger partial charge in [0, 0.05) is 23.7 Å². The number of nitrogens with one attached hydrogen (secondary N) is 2. The van der Waals surface area contributed by atoms with E-state index in [2.05, 4.69) is 10.0 Å². The van der Waals surface area contributed by atoms with Crippen molar-refractivity contribution in [2.75, 3.05) is 6.54 Å². The first kappa shape index (κ1) is 17.6. The van der Waals surface area contributed by atoms with Gasteiger partial charge >= 0.3 is 0 Å². The zero-order valence-electron chi connectivity index (χ0n) is 12.8. The summed E-state index contributed by atoms with van der Waals surface area (Å²) in [4.78, 5) is 12.1. The van der Waals surface area contributed by atoms with Crippen LogP contribution in [0.1, 0.15) is 38.1 Å². The van der Waals surface area contributed by atoms with Crippen LogP contribution < -0.4 is 15.8 Å². The first-order valence-electron chi connectivity index (χ1n) is 6.71. The van der Waals surface area contributed by atoms with Gasteiger partial charge in [-0.05, 0) is 45.9 Å². The topological polar surface area (TPSA) is 101 Å². The van der Waals surface area contributed by atoms with E-state index in [-0.39, 0.29) is 22.4 Å². The number of carbonyl (C=O) groups is 1. The first-order chi connectivity index (χ1) is 9.51. The summed E-state index contributed by atoms with van der Waals surface area (Å²) in [6.45, 7) is 7.35. The third kappa shape index (κ3) is 5.82. The smallest absolute Gasteiger partial charge is 0.251 e. The van der Waals surface area contributed by atoms with Gasteiger partial charge in [0.2, 0.25) is 10.0 Å². The first-order valence-corrected chi connectivity index (χ1v) is 8.19. The van der Waals surface area contributed by atoms with E-state index >= 15 is 0 Å². The predicted octanol–water partition coefficient (Wildman–Crippen LogP) is 0.840. The highest BCUT2D eigenvalue weighted by atomic mass is 32.2. The van der Waals surface area contributed by atoms with Crippen LogP contribution >= 0.6 is 0 Å². The van der Waals surface area contributed by atoms with Crippen molar-refractivity contribution in [3.8, 4) is 0 Å². The molecule has 21 heavy (non-hydrogen) atoms. The Morgan fingerprint density at radius 1 is 1.33 bits per heavy atom. The maximum absolute atomic E-state index is 12.1. The molecule has 1 amide bonds. The van der Waals surface area contributed by atoms with Gasteiger partial charge in [-0.25, -0.2) is 13.1 Å². The molecule has 118 valence electrons. The number of hydrogen-bond donors (Lipinski definition) is 3. The van der Waals surface area contributed by atoms with Crippen LogP contribution in [0.25, 0.3) is 0 Å². The molecule has 0 atom stereocenters. The zero-order valence-corrected chi connectivity index (χ0v) is 13.6. The molecule has 0 saturated heterocycles. The van der Waals surface area contributed by atoms with Gasteiger partial charge in [-0.15, -0.1) is 0 Å². The van der Waals surface area contributed by atoms with Gasteiger partial charge in [0.05, 0.1) is 4.90 Å². The van der Waals surface area contributed by atoms with Crippen LogP contribution in [0.3, 0.4) is 0 Å². The van der Waals surface area contributed by atoms with Crippen molar-refractivity contribution in [1.29, 1.82) is 0 Å². The van der Waals surface area contributed by atoms with Gasteiger partial charge in [-0.1, -0.05) is 6.07 Å². The minimum absolute atomic E-state index is 0.0656. The fourth-order valence-corrected chi connectivity index (χ4v) is 2.89. The van der Waals surface area contributed by atoms with E-state index in [0.717, 1.165) is 0 Å². The molecule has 0 bridgehead atoms. The van der Waals surface area contributed by atoms with Crippen LogP contribution in [-0.4, -0.2) is 32.5 Å². The van der Waals surface area contributed by atoms with E-state index in [9.17, 15) is 13.2 Å². The minimum atomic E-state index is -3.61. The summed E-state index contributed by atoms with van der Waals surface area (Å²) in [5, 5.41) is 2.68. The molecule has 0 aliphatic heterocycles. The summed E-state index contributed by atoms with van der Waals surface area (Å²) in [5.41, 5.74) is 5.55. The van der Waals surface area contributed by atoms with Gasteiger partial charge in [0.25, 0.3) is 5.91 Å². The summed E-state index contributed by atoms with van der Waals surface area (Å²) in [5.74, 6) is -0.352. The zero-order chi connectivity index (χ0) is 16.3. The summed E-state index contributed by atoms with van der Waals surface area (Å²) < 4.78 is 26.6. The molecule has 0 heterocycles. The Balaban J connectivity index is 2.93. The number of hydrogen-bond acceptors (Lipinski definition) is 4. The average molecular weight is 313 g/mol. The molecule has 0 aliphatic carbocycles. The van der Waals surface area contributed by atoms with Crippen molar-refractivity contribution in [2.24, 2.45) is 5.73 Å².